The normalized spacial score (nSPS) is 12.4. The number of likely N-dealkylation sites (N-methyl/N-ethyl adjacent to an activating group) is 1. The molecule has 3 heterocycles. The highest BCUT2D eigenvalue weighted by Gasteiger charge is 2.14. The third-order valence-corrected chi connectivity index (χ3v) is 5.33. The summed E-state index contributed by atoms with van der Waals surface area (Å²) in [4.78, 5) is 18.7. The molecule has 5 rings (SSSR count). The van der Waals surface area contributed by atoms with Crippen LogP contribution < -0.4 is 14.2 Å². The van der Waals surface area contributed by atoms with Crippen molar-refractivity contribution in [2.75, 3.05) is 13.8 Å². The summed E-state index contributed by atoms with van der Waals surface area (Å²) < 4.78 is 18.5. The number of carbonyl (C=O) groups excluding carboxylic acids is 1. The second kappa shape index (κ2) is 9.08. The number of rotatable bonds is 7. The Kier molecular flexibility index (Phi) is 5.68. The van der Waals surface area contributed by atoms with E-state index in [0.29, 0.717) is 18.9 Å². The monoisotopic (exact) mass is 441 g/mol. The van der Waals surface area contributed by atoms with Crippen molar-refractivity contribution in [3.05, 3.63) is 96.0 Å². The minimum Gasteiger partial charge on any atom is -0.487 e. The van der Waals surface area contributed by atoms with Crippen LogP contribution >= 0.6 is 0 Å². The Morgan fingerprint density at radius 3 is 2.82 bits per heavy atom. The van der Waals surface area contributed by atoms with Crippen LogP contribution in [0, 0.1) is 0 Å². The molecular weight excluding hydrogens is 418 g/mol. The van der Waals surface area contributed by atoms with Crippen LogP contribution in [0.3, 0.4) is 0 Å². The standard InChI is InChI=1S/C26H23N3O4/c1-28(15-20-7-11-23-24(14-20)33-18-32-23)26(30)12-8-19-5-9-22(10-6-19)31-17-21-16-29-13-3-2-4-25(29)27-21/h2-14,16H,15,17-18H2,1H3. The van der Waals surface area contributed by atoms with Crippen molar-refractivity contribution in [2.45, 2.75) is 13.2 Å². The van der Waals surface area contributed by atoms with Crippen LogP contribution in [0.1, 0.15) is 16.8 Å². The molecule has 0 bridgehead atoms. The number of hydrogen-bond acceptors (Lipinski definition) is 5. The molecule has 1 aliphatic rings. The lowest BCUT2D eigenvalue weighted by molar-refractivity contribution is -0.125. The number of ether oxygens (including phenoxy) is 3. The predicted molar refractivity (Wildman–Crippen MR) is 124 cm³/mol. The van der Waals surface area contributed by atoms with Gasteiger partial charge in [-0.25, -0.2) is 4.98 Å². The van der Waals surface area contributed by atoms with E-state index in [4.69, 9.17) is 14.2 Å². The number of benzene rings is 2. The molecule has 1 amide bonds. The zero-order valence-corrected chi connectivity index (χ0v) is 18.2. The average Bonchev–Trinajstić information content (AvgIpc) is 3.48. The van der Waals surface area contributed by atoms with Crippen LogP contribution in [-0.2, 0) is 17.9 Å². The predicted octanol–water partition coefficient (Wildman–Crippen LogP) is 4.31. The SMILES string of the molecule is CN(Cc1ccc2c(c1)OCO2)C(=O)C=Cc1ccc(OCc2cn3ccccc3n2)cc1. The summed E-state index contributed by atoms with van der Waals surface area (Å²) in [7, 11) is 1.77. The van der Waals surface area contributed by atoms with Crippen LogP contribution in [0.5, 0.6) is 17.2 Å². The average molecular weight is 441 g/mol. The van der Waals surface area contributed by atoms with Crippen LogP contribution in [-0.4, -0.2) is 34.0 Å². The molecule has 7 heteroatoms. The molecule has 4 aromatic rings. The van der Waals surface area contributed by atoms with E-state index >= 15 is 0 Å². The van der Waals surface area contributed by atoms with Gasteiger partial charge in [-0.15, -0.1) is 0 Å². The van der Waals surface area contributed by atoms with Crippen LogP contribution in [0.2, 0.25) is 0 Å². The fraction of sp³-hybridized carbons (Fsp3) is 0.154. The van der Waals surface area contributed by atoms with Crippen molar-refractivity contribution in [1.29, 1.82) is 0 Å². The Morgan fingerprint density at radius 2 is 1.97 bits per heavy atom. The number of hydrogen-bond donors (Lipinski definition) is 0. The first-order valence-corrected chi connectivity index (χ1v) is 10.6. The fourth-order valence-corrected chi connectivity index (χ4v) is 3.58. The molecule has 1 aliphatic heterocycles. The molecule has 33 heavy (non-hydrogen) atoms. The maximum absolute atomic E-state index is 12.5. The molecule has 0 fully saturated rings. The fourth-order valence-electron chi connectivity index (χ4n) is 3.58. The summed E-state index contributed by atoms with van der Waals surface area (Å²) in [6.07, 6.45) is 7.28. The Morgan fingerprint density at radius 1 is 1.12 bits per heavy atom. The van der Waals surface area contributed by atoms with Crippen LogP contribution in [0.25, 0.3) is 11.7 Å². The number of aromatic nitrogens is 2. The number of carbonyl (C=O) groups is 1. The lowest BCUT2D eigenvalue weighted by Crippen LogP contribution is -2.24. The molecule has 0 unspecified atom stereocenters. The van der Waals surface area contributed by atoms with Gasteiger partial charge >= 0.3 is 0 Å². The van der Waals surface area contributed by atoms with E-state index in [1.807, 2.05) is 77.5 Å². The third-order valence-electron chi connectivity index (χ3n) is 5.33. The maximum atomic E-state index is 12.5. The van der Waals surface area contributed by atoms with Gasteiger partial charge in [-0.1, -0.05) is 24.3 Å². The molecule has 2 aromatic carbocycles. The molecule has 0 saturated heterocycles. The summed E-state index contributed by atoms with van der Waals surface area (Å²) in [5.41, 5.74) is 3.65. The van der Waals surface area contributed by atoms with E-state index in [0.717, 1.165) is 34.0 Å². The van der Waals surface area contributed by atoms with Crippen molar-refractivity contribution in [3.63, 3.8) is 0 Å². The summed E-state index contributed by atoms with van der Waals surface area (Å²) in [5.74, 6) is 2.11. The summed E-state index contributed by atoms with van der Waals surface area (Å²) in [6, 6.07) is 19.2. The van der Waals surface area contributed by atoms with Crippen LogP contribution in [0.15, 0.2) is 79.1 Å². The van der Waals surface area contributed by atoms with Crippen molar-refractivity contribution >= 4 is 17.6 Å². The Labute approximate surface area is 191 Å². The van der Waals surface area contributed by atoms with Gasteiger partial charge in [0.1, 0.15) is 18.0 Å². The van der Waals surface area contributed by atoms with Crippen molar-refractivity contribution in [3.8, 4) is 17.2 Å². The van der Waals surface area contributed by atoms with Gasteiger partial charge in [0.05, 0.1) is 5.69 Å². The van der Waals surface area contributed by atoms with E-state index in [1.54, 1.807) is 24.1 Å². The Bertz CT molecular complexity index is 1280. The third kappa shape index (κ3) is 4.82. The summed E-state index contributed by atoms with van der Waals surface area (Å²) >= 11 is 0. The highest BCUT2D eigenvalue weighted by atomic mass is 16.7. The topological polar surface area (TPSA) is 65.3 Å². The van der Waals surface area contributed by atoms with E-state index in [9.17, 15) is 4.79 Å². The second-order valence-corrected chi connectivity index (χ2v) is 7.77. The highest BCUT2D eigenvalue weighted by molar-refractivity contribution is 5.91. The van der Waals surface area contributed by atoms with Gasteiger partial charge < -0.3 is 23.5 Å². The minimum atomic E-state index is -0.0835. The first-order valence-electron chi connectivity index (χ1n) is 10.6. The van der Waals surface area contributed by atoms with Gasteiger partial charge in [-0.3, -0.25) is 4.79 Å². The molecule has 7 nitrogen and oxygen atoms in total. The lowest BCUT2D eigenvalue weighted by atomic mass is 10.2. The number of nitrogens with zero attached hydrogens (tertiary/aromatic N) is 3. The van der Waals surface area contributed by atoms with E-state index in [-0.39, 0.29) is 12.7 Å². The van der Waals surface area contributed by atoms with Gasteiger partial charge in [0.25, 0.3) is 0 Å². The highest BCUT2D eigenvalue weighted by Crippen LogP contribution is 2.32. The summed E-state index contributed by atoms with van der Waals surface area (Å²) in [6.45, 7) is 1.11. The maximum Gasteiger partial charge on any atom is 0.246 e. The zero-order chi connectivity index (χ0) is 22.6. The molecule has 166 valence electrons. The van der Waals surface area contributed by atoms with E-state index < -0.39 is 0 Å². The Balaban J connectivity index is 1.14. The Hall–Kier alpha value is -4.26. The van der Waals surface area contributed by atoms with Gasteiger partial charge in [-0.05, 0) is 53.6 Å². The number of imidazole rings is 1. The minimum absolute atomic E-state index is 0.0835. The van der Waals surface area contributed by atoms with Gasteiger partial charge in [0, 0.05) is 32.1 Å². The molecule has 0 spiro atoms. The molecule has 0 atom stereocenters. The first-order chi connectivity index (χ1) is 16.1. The van der Waals surface area contributed by atoms with Crippen molar-refractivity contribution in [1.82, 2.24) is 14.3 Å². The zero-order valence-electron chi connectivity index (χ0n) is 18.2. The quantitative estimate of drug-likeness (QED) is 0.400. The molecular formula is C26H23N3O4. The van der Waals surface area contributed by atoms with E-state index in [1.165, 1.54) is 0 Å². The van der Waals surface area contributed by atoms with Crippen molar-refractivity contribution < 1.29 is 19.0 Å². The van der Waals surface area contributed by atoms with Gasteiger partial charge in [0.15, 0.2) is 11.5 Å². The summed E-state index contributed by atoms with van der Waals surface area (Å²) in [5, 5.41) is 0. The van der Waals surface area contributed by atoms with Gasteiger partial charge in [-0.2, -0.15) is 0 Å². The van der Waals surface area contributed by atoms with E-state index in [2.05, 4.69) is 4.98 Å². The molecule has 0 N–H and O–H groups in total. The number of amides is 1. The smallest absolute Gasteiger partial charge is 0.246 e. The largest absolute Gasteiger partial charge is 0.487 e. The number of fused-ring (bicyclic) bond motifs is 2. The lowest BCUT2D eigenvalue weighted by Gasteiger charge is -2.15. The molecule has 0 saturated carbocycles. The number of pyridine rings is 1. The van der Waals surface area contributed by atoms with Gasteiger partial charge in [0.2, 0.25) is 12.7 Å². The first kappa shape index (κ1) is 20.6. The van der Waals surface area contributed by atoms with Crippen molar-refractivity contribution in [2.24, 2.45) is 0 Å². The molecule has 2 aromatic heterocycles. The molecule has 0 radical (unpaired) electrons. The molecule has 0 aliphatic carbocycles. The van der Waals surface area contributed by atoms with Crippen LogP contribution in [0.4, 0.5) is 0 Å². The second-order valence-electron chi connectivity index (χ2n) is 7.77.